The van der Waals surface area contributed by atoms with E-state index in [1.165, 1.54) is 62.6 Å². The van der Waals surface area contributed by atoms with E-state index in [1.54, 1.807) is 0 Å². The van der Waals surface area contributed by atoms with Gasteiger partial charge in [-0.25, -0.2) is 9.97 Å². The molecule has 2 aliphatic rings. The molecule has 0 unspecified atom stereocenters. The second-order valence-corrected chi connectivity index (χ2v) is 11.4. The van der Waals surface area contributed by atoms with Gasteiger partial charge in [0.15, 0.2) is 0 Å². The monoisotopic (exact) mass is 502 g/mol. The quantitative estimate of drug-likeness (QED) is 0.287. The molecule has 0 radical (unpaired) electrons. The molecule has 35 heavy (non-hydrogen) atoms. The van der Waals surface area contributed by atoms with Gasteiger partial charge in [-0.05, 0) is 62.1 Å². The van der Waals surface area contributed by atoms with Crippen LogP contribution in [-0.2, 0) is 12.8 Å². The van der Waals surface area contributed by atoms with Crippen LogP contribution in [0.4, 0.5) is 0 Å². The van der Waals surface area contributed by atoms with Gasteiger partial charge >= 0.3 is 0 Å². The lowest BCUT2D eigenvalue weighted by Crippen LogP contribution is -2.19. The molecule has 6 rings (SSSR count). The molecule has 8 heteroatoms. The first-order chi connectivity index (χ1) is 17.3. The van der Waals surface area contributed by atoms with Crippen LogP contribution in [0.3, 0.4) is 0 Å². The highest BCUT2D eigenvalue weighted by Gasteiger charge is 2.12. The molecular weight excluding hydrogens is 472 g/mol. The van der Waals surface area contributed by atoms with E-state index in [1.807, 2.05) is 22.7 Å². The van der Waals surface area contributed by atoms with Gasteiger partial charge in [0.2, 0.25) is 0 Å². The van der Waals surface area contributed by atoms with Crippen molar-refractivity contribution in [1.82, 2.24) is 20.6 Å². The van der Waals surface area contributed by atoms with E-state index in [4.69, 9.17) is 9.97 Å². The first-order valence-corrected chi connectivity index (χ1v) is 14.3. The second kappa shape index (κ2) is 10.4. The maximum Gasteiger partial charge on any atom is 0.128 e. The van der Waals surface area contributed by atoms with Crippen molar-refractivity contribution in [2.75, 3.05) is 26.2 Å². The van der Waals surface area contributed by atoms with Crippen LogP contribution in [0.1, 0.15) is 53.2 Å². The minimum atomic E-state index is 0.872. The van der Waals surface area contributed by atoms with Gasteiger partial charge in [-0.2, -0.15) is 0 Å². The lowest BCUT2D eigenvalue weighted by molar-refractivity contribution is 0.612. The van der Waals surface area contributed by atoms with Gasteiger partial charge in [-0.1, -0.05) is 19.3 Å². The second-order valence-electron chi connectivity index (χ2n) is 9.16. The van der Waals surface area contributed by atoms with E-state index in [0.29, 0.717) is 0 Å². The fraction of sp³-hybridized carbons (Fsp3) is 0.407. The minimum Gasteiger partial charge on any atom is -0.368 e. The van der Waals surface area contributed by atoms with Gasteiger partial charge in [0.05, 0.1) is 43.5 Å². The Morgan fingerprint density at radius 2 is 1.11 bits per heavy atom. The number of unbranched alkanes of at least 4 members (excludes halogenated alkanes) is 4. The van der Waals surface area contributed by atoms with Gasteiger partial charge in [0.1, 0.15) is 11.7 Å². The van der Waals surface area contributed by atoms with Crippen LogP contribution in [0, 0.1) is 0 Å². The van der Waals surface area contributed by atoms with Crippen LogP contribution in [0.25, 0.3) is 20.4 Å². The zero-order valence-electron chi connectivity index (χ0n) is 19.8. The topological polar surface area (TPSA) is 74.6 Å². The maximum absolute atomic E-state index is 4.85. The van der Waals surface area contributed by atoms with Crippen molar-refractivity contribution in [1.29, 1.82) is 0 Å². The van der Waals surface area contributed by atoms with Crippen LogP contribution in [0.5, 0.6) is 0 Å². The van der Waals surface area contributed by atoms with Gasteiger partial charge in [-0.15, -0.1) is 22.7 Å². The average Bonchev–Trinajstić information content (AvgIpc) is 3.67. The van der Waals surface area contributed by atoms with E-state index in [2.05, 4.69) is 57.0 Å². The Kier molecular flexibility index (Phi) is 6.73. The molecule has 0 atom stereocenters. The number of hydrogen-bond acceptors (Lipinski definition) is 8. The van der Waals surface area contributed by atoms with Crippen molar-refractivity contribution in [3.8, 4) is 0 Å². The third-order valence-corrected chi connectivity index (χ3v) is 8.70. The summed E-state index contributed by atoms with van der Waals surface area (Å²) in [5, 5.41) is 9.23. The van der Waals surface area contributed by atoms with E-state index in [-0.39, 0.29) is 0 Å². The number of aliphatic imine (C=N–C) groups is 2. The molecule has 0 amide bonds. The first-order valence-electron chi connectivity index (χ1n) is 12.7. The highest BCUT2D eigenvalue weighted by atomic mass is 32.1. The predicted molar refractivity (Wildman–Crippen MR) is 149 cm³/mol. The van der Waals surface area contributed by atoms with Crippen molar-refractivity contribution >= 4 is 54.8 Å². The number of benzene rings is 2. The highest BCUT2D eigenvalue weighted by Crippen LogP contribution is 2.27. The first kappa shape index (κ1) is 22.6. The molecule has 4 aromatic rings. The molecule has 0 saturated carbocycles. The maximum atomic E-state index is 4.85. The molecule has 0 spiro atoms. The molecule has 2 aromatic carbocycles. The van der Waals surface area contributed by atoms with Crippen molar-refractivity contribution in [3.63, 3.8) is 0 Å². The molecule has 0 saturated heterocycles. The van der Waals surface area contributed by atoms with E-state index < -0.39 is 0 Å². The fourth-order valence-electron chi connectivity index (χ4n) is 4.72. The number of aryl methyl sites for hydroxylation is 2. The Labute approximate surface area is 213 Å². The van der Waals surface area contributed by atoms with Crippen LogP contribution in [-0.4, -0.2) is 47.8 Å². The summed E-state index contributed by atoms with van der Waals surface area (Å²) in [5.74, 6) is 2.04. The number of nitrogens with zero attached hydrogens (tertiary/aromatic N) is 4. The number of fused-ring (bicyclic) bond motifs is 2. The minimum absolute atomic E-state index is 0.872. The third-order valence-electron chi connectivity index (χ3n) is 6.54. The number of nitrogens with one attached hydrogen (secondary N) is 2. The molecule has 2 aliphatic heterocycles. The summed E-state index contributed by atoms with van der Waals surface area (Å²) in [6.07, 6.45) is 8.38. The van der Waals surface area contributed by atoms with Crippen molar-refractivity contribution in [3.05, 3.63) is 57.5 Å². The lowest BCUT2D eigenvalue weighted by Gasteiger charge is -2.01. The zero-order chi connectivity index (χ0) is 23.5. The molecule has 4 heterocycles. The van der Waals surface area contributed by atoms with Crippen LogP contribution in [0.15, 0.2) is 46.4 Å². The molecule has 0 aliphatic carbocycles. The summed E-state index contributed by atoms with van der Waals surface area (Å²) in [4.78, 5) is 18.8. The van der Waals surface area contributed by atoms with Crippen LogP contribution in [0.2, 0.25) is 0 Å². The summed E-state index contributed by atoms with van der Waals surface area (Å²) in [6, 6.07) is 13.0. The Balaban J connectivity index is 0.937. The summed E-state index contributed by atoms with van der Waals surface area (Å²) in [7, 11) is 0. The molecular formula is C27H30N6S2. The smallest absolute Gasteiger partial charge is 0.128 e. The Hall–Kier alpha value is -2.84. The number of amidine groups is 2. The van der Waals surface area contributed by atoms with Crippen molar-refractivity contribution in [2.45, 2.75) is 44.9 Å². The van der Waals surface area contributed by atoms with E-state index in [9.17, 15) is 0 Å². The SMILES string of the molecule is c1cc2nc(CCCCCCCc3nc4ccc(C5=NCCN5)cc4s3)sc2cc1C1=NCCN1. The van der Waals surface area contributed by atoms with Gasteiger partial charge in [0.25, 0.3) is 0 Å². The molecule has 0 bridgehead atoms. The third kappa shape index (κ3) is 5.23. The normalized spacial score (nSPS) is 15.4. The Morgan fingerprint density at radius 3 is 1.57 bits per heavy atom. The number of rotatable bonds is 10. The standard InChI is InChI=1S/C27H30N6S2/c1(2-4-6-24-32-20-10-8-18(16-22(20)34-24)26-28-12-13-29-26)3-5-7-25-33-21-11-9-19(17-23(21)35-25)27-30-14-15-31-27/h8-11,16-17H,1-7,12-15H2,(H,28,29)(H,30,31). The highest BCUT2D eigenvalue weighted by molar-refractivity contribution is 7.18. The van der Waals surface area contributed by atoms with Crippen LogP contribution < -0.4 is 10.6 Å². The van der Waals surface area contributed by atoms with E-state index in [0.717, 1.165) is 61.7 Å². The molecule has 6 nitrogen and oxygen atoms in total. The summed E-state index contributed by atoms with van der Waals surface area (Å²) >= 11 is 3.67. The summed E-state index contributed by atoms with van der Waals surface area (Å²) in [6.45, 7) is 3.63. The van der Waals surface area contributed by atoms with Crippen LogP contribution >= 0.6 is 22.7 Å². The molecule has 0 fully saturated rings. The number of hydrogen-bond donors (Lipinski definition) is 2. The lowest BCUT2D eigenvalue weighted by atomic mass is 10.1. The zero-order valence-corrected chi connectivity index (χ0v) is 21.5. The van der Waals surface area contributed by atoms with Gasteiger partial charge < -0.3 is 10.6 Å². The van der Waals surface area contributed by atoms with E-state index >= 15 is 0 Å². The number of thiazole rings is 2. The Bertz CT molecular complexity index is 1290. The van der Waals surface area contributed by atoms with Crippen molar-refractivity contribution in [2.24, 2.45) is 9.98 Å². The summed E-state index contributed by atoms with van der Waals surface area (Å²) in [5.41, 5.74) is 4.59. The fourth-order valence-corrected chi connectivity index (χ4v) is 6.82. The molecule has 180 valence electrons. The largest absolute Gasteiger partial charge is 0.368 e. The van der Waals surface area contributed by atoms with Gasteiger partial charge in [-0.3, -0.25) is 9.98 Å². The molecule has 2 N–H and O–H groups in total. The Morgan fingerprint density at radius 1 is 0.629 bits per heavy atom. The average molecular weight is 503 g/mol. The molecule has 2 aromatic heterocycles. The predicted octanol–water partition coefficient (Wildman–Crippen LogP) is 5.34. The van der Waals surface area contributed by atoms with Crippen molar-refractivity contribution < 1.29 is 0 Å². The number of aromatic nitrogens is 2. The summed E-state index contributed by atoms with van der Waals surface area (Å²) < 4.78 is 2.54. The van der Waals surface area contributed by atoms with Gasteiger partial charge in [0, 0.05) is 24.2 Å².